The first-order valence-corrected chi connectivity index (χ1v) is 7.88. The summed E-state index contributed by atoms with van der Waals surface area (Å²) in [6.07, 6.45) is 4.25. The van der Waals surface area contributed by atoms with E-state index in [4.69, 9.17) is 0 Å². The molecule has 1 aromatic heterocycles. The lowest BCUT2D eigenvalue weighted by molar-refractivity contribution is -0.169. The van der Waals surface area contributed by atoms with E-state index in [1.54, 1.807) is 19.1 Å². The van der Waals surface area contributed by atoms with E-state index in [-0.39, 0.29) is 18.3 Å². The van der Waals surface area contributed by atoms with Gasteiger partial charge in [-0.25, -0.2) is 9.37 Å². The van der Waals surface area contributed by atoms with E-state index in [0.717, 1.165) is 5.56 Å². The largest absolute Gasteiger partial charge is 0.481 e. The van der Waals surface area contributed by atoms with Gasteiger partial charge in [0.1, 0.15) is 24.1 Å². The van der Waals surface area contributed by atoms with Gasteiger partial charge in [0.05, 0.1) is 12.0 Å². The van der Waals surface area contributed by atoms with E-state index >= 15 is 0 Å². The molecule has 1 aliphatic rings. The minimum Gasteiger partial charge on any atom is -0.481 e. The molecule has 1 aromatic carbocycles. The van der Waals surface area contributed by atoms with E-state index in [1.807, 2.05) is 0 Å². The lowest BCUT2D eigenvalue weighted by Gasteiger charge is -2.40. The molecule has 2 aromatic rings. The Morgan fingerprint density at radius 3 is 2.71 bits per heavy atom. The third-order valence-corrected chi connectivity index (χ3v) is 5.36. The van der Waals surface area contributed by atoms with Crippen LogP contribution in [0.25, 0.3) is 0 Å². The number of aliphatic carboxylic acids is 1. The van der Waals surface area contributed by atoms with E-state index < -0.39 is 17.0 Å². The van der Waals surface area contributed by atoms with Crippen molar-refractivity contribution in [3.05, 3.63) is 48.3 Å². The maximum absolute atomic E-state index is 13.1. The van der Waals surface area contributed by atoms with Crippen molar-refractivity contribution >= 4 is 5.97 Å². The highest BCUT2D eigenvalue weighted by Gasteiger charge is 2.61. The van der Waals surface area contributed by atoms with Crippen LogP contribution < -0.4 is 0 Å². The number of nitrogens with zero attached hydrogens (tertiary/aromatic N) is 3. The Kier molecular flexibility index (Phi) is 4.13. The molecule has 0 bridgehead atoms. The highest BCUT2D eigenvalue weighted by molar-refractivity contribution is 5.76. The zero-order chi connectivity index (χ0) is 17.4. The second-order valence-electron chi connectivity index (χ2n) is 6.72. The van der Waals surface area contributed by atoms with Crippen molar-refractivity contribution in [1.29, 1.82) is 0 Å². The van der Waals surface area contributed by atoms with Crippen molar-refractivity contribution < 1.29 is 19.4 Å². The molecule has 0 saturated heterocycles. The van der Waals surface area contributed by atoms with E-state index in [0.29, 0.717) is 19.3 Å². The average molecular weight is 333 g/mol. The number of hydrogen-bond donors (Lipinski definition) is 2. The number of benzene rings is 1. The lowest BCUT2D eigenvalue weighted by Crippen LogP contribution is -2.54. The Bertz CT molecular complexity index is 719. The predicted molar refractivity (Wildman–Crippen MR) is 83.5 cm³/mol. The highest BCUT2D eigenvalue weighted by atomic mass is 19.1. The number of hydrogen-bond acceptors (Lipinski definition) is 4. The first-order valence-electron chi connectivity index (χ1n) is 7.88. The fourth-order valence-corrected chi connectivity index (χ4v) is 3.70. The van der Waals surface area contributed by atoms with Gasteiger partial charge < -0.3 is 10.2 Å². The summed E-state index contributed by atoms with van der Waals surface area (Å²) < 4.78 is 14.6. The highest BCUT2D eigenvalue weighted by Crippen LogP contribution is 2.52. The Balaban J connectivity index is 1.92. The SMILES string of the molecule is C[C@@]1(C(=O)O)CC[C@H](Cc2ccc(F)cc2)[C@]1(O)Cn1cncn1. The maximum Gasteiger partial charge on any atom is 0.312 e. The average Bonchev–Trinajstić information content (AvgIpc) is 3.12. The molecule has 6 nitrogen and oxygen atoms in total. The minimum absolute atomic E-state index is 0.0572. The topological polar surface area (TPSA) is 88.2 Å². The number of aromatic nitrogens is 3. The second kappa shape index (κ2) is 5.98. The summed E-state index contributed by atoms with van der Waals surface area (Å²) in [7, 11) is 0. The quantitative estimate of drug-likeness (QED) is 0.872. The van der Waals surface area contributed by atoms with Gasteiger partial charge >= 0.3 is 5.97 Å². The fraction of sp³-hybridized carbons (Fsp3) is 0.471. The van der Waals surface area contributed by atoms with Crippen LogP contribution in [-0.2, 0) is 17.8 Å². The summed E-state index contributed by atoms with van der Waals surface area (Å²) in [5.41, 5.74) is -1.88. The minimum atomic E-state index is -1.47. The Morgan fingerprint density at radius 1 is 1.42 bits per heavy atom. The molecule has 7 heteroatoms. The zero-order valence-corrected chi connectivity index (χ0v) is 13.4. The molecule has 1 fully saturated rings. The van der Waals surface area contributed by atoms with Crippen LogP contribution >= 0.6 is 0 Å². The standard InChI is InChI=1S/C17H20FN3O3/c1-16(15(22)23)7-6-13(8-12-2-4-14(18)5-3-12)17(16,24)9-21-11-19-10-20-21/h2-5,10-11,13,24H,6-9H2,1H3,(H,22,23)/t13-,16+,17-/m1/s1. The van der Waals surface area contributed by atoms with E-state index in [9.17, 15) is 19.4 Å². The fourth-order valence-electron chi connectivity index (χ4n) is 3.70. The van der Waals surface area contributed by atoms with Gasteiger partial charge in [-0.2, -0.15) is 5.10 Å². The molecule has 0 amide bonds. The van der Waals surface area contributed by atoms with Crippen molar-refractivity contribution in [1.82, 2.24) is 14.8 Å². The number of carboxylic acids is 1. The summed E-state index contributed by atoms with van der Waals surface area (Å²) in [5, 5.41) is 25.1. The summed E-state index contributed by atoms with van der Waals surface area (Å²) >= 11 is 0. The van der Waals surface area contributed by atoms with Crippen molar-refractivity contribution in [3.8, 4) is 0 Å². The van der Waals surface area contributed by atoms with Gasteiger partial charge in [-0.15, -0.1) is 0 Å². The van der Waals surface area contributed by atoms with Gasteiger partial charge in [0.2, 0.25) is 0 Å². The first-order chi connectivity index (χ1) is 11.3. The van der Waals surface area contributed by atoms with E-state index in [1.165, 1.54) is 29.5 Å². The van der Waals surface area contributed by atoms with Crippen molar-refractivity contribution in [2.24, 2.45) is 11.3 Å². The molecule has 1 heterocycles. The Morgan fingerprint density at radius 2 is 2.12 bits per heavy atom. The molecule has 0 unspecified atom stereocenters. The summed E-state index contributed by atoms with van der Waals surface area (Å²) in [5.74, 6) is -1.61. The number of aliphatic hydroxyl groups is 1. The molecule has 3 rings (SSSR count). The van der Waals surface area contributed by atoms with Gasteiger partial charge in [-0.05, 0) is 49.8 Å². The van der Waals surface area contributed by atoms with Crippen LogP contribution in [0.3, 0.4) is 0 Å². The van der Waals surface area contributed by atoms with Crippen LogP contribution in [0.15, 0.2) is 36.9 Å². The smallest absolute Gasteiger partial charge is 0.312 e. The molecule has 2 N–H and O–H groups in total. The van der Waals surface area contributed by atoms with Crippen molar-refractivity contribution in [2.45, 2.75) is 38.3 Å². The van der Waals surface area contributed by atoms with Crippen LogP contribution in [0.2, 0.25) is 0 Å². The Labute approximate surface area is 139 Å². The number of rotatable bonds is 5. The third-order valence-electron chi connectivity index (χ3n) is 5.36. The summed E-state index contributed by atoms with van der Waals surface area (Å²) in [6, 6.07) is 6.08. The van der Waals surface area contributed by atoms with Crippen LogP contribution in [-0.4, -0.2) is 36.5 Å². The monoisotopic (exact) mass is 333 g/mol. The maximum atomic E-state index is 13.1. The lowest BCUT2D eigenvalue weighted by atomic mass is 9.71. The molecule has 24 heavy (non-hydrogen) atoms. The van der Waals surface area contributed by atoms with Crippen LogP contribution in [0.4, 0.5) is 4.39 Å². The molecular formula is C17H20FN3O3. The first kappa shape index (κ1) is 16.6. The number of carboxylic acid groups (broad SMARTS) is 1. The summed E-state index contributed by atoms with van der Waals surface area (Å²) in [4.78, 5) is 15.7. The molecule has 128 valence electrons. The van der Waals surface area contributed by atoms with Crippen molar-refractivity contribution in [3.63, 3.8) is 0 Å². The number of carbonyl (C=O) groups is 1. The molecule has 0 aliphatic heterocycles. The zero-order valence-electron chi connectivity index (χ0n) is 13.4. The van der Waals surface area contributed by atoms with Gasteiger partial charge in [0.25, 0.3) is 0 Å². The van der Waals surface area contributed by atoms with Crippen molar-refractivity contribution in [2.75, 3.05) is 0 Å². The van der Waals surface area contributed by atoms with Gasteiger partial charge in [-0.3, -0.25) is 9.48 Å². The predicted octanol–water partition coefficient (Wildman–Crippen LogP) is 1.89. The summed E-state index contributed by atoms with van der Waals surface area (Å²) in [6.45, 7) is 1.64. The molecule has 0 radical (unpaired) electrons. The van der Waals surface area contributed by atoms with Crippen LogP contribution in [0.1, 0.15) is 25.3 Å². The molecular weight excluding hydrogens is 313 g/mol. The molecule has 3 atom stereocenters. The normalized spacial score (nSPS) is 29.7. The Hall–Kier alpha value is -2.28. The molecule has 0 spiro atoms. The number of halogens is 1. The van der Waals surface area contributed by atoms with Gasteiger partial charge in [0.15, 0.2) is 0 Å². The molecule has 1 aliphatic carbocycles. The third kappa shape index (κ3) is 2.69. The van der Waals surface area contributed by atoms with Gasteiger partial charge in [-0.1, -0.05) is 12.1 Å². The van der Waals surface area contributed by atoms with Gasteiger partial charge in [0, 0.05) is 0 Å². The second-order valence-corrected chi connectivity index (χ2v) is 6.72. The molecule has 1 saturated carbocycles. The van der Waals surface area contributed by atoms with E-state index in [2.05, 4.69) is 10.1 Å². The van der Waals surface area contributed by atoms with Crippen LogP contribution in [0.5, 0.6) is 0 Å². The van der Waals surface area contributed by atoms with Crippen LogP contribution in [0, 0.1) is 17.2 Å².